The summed E-state index contributed by atoms with van der Waals surface area (Å²) in [6.45, 7) is 17.1. The fourth-order valence-electron chi connectivity index (χ4n) is 2.42. The van der Waals surface area contributed by atoms with Gasteiger partial charge in [-0.15, -0.1) is 0 Å². The lowest BCUT2D eigenvalue weighted by atomic mass is 9.34. The standard InChI is InChI=1S/C14H28B2O4/c1-11(2)12(3,4)18-15(9-10-17-11)16-19-13(5,6)14(7,8)20-16/h9-10H2,1-8H3. The van der Waals surface area contributed by atoms with Crippen LogP contribution in [0.4, 0.5) is 0 Å². The van der Waals surface area contributed by atoms with Crippen LogP contribution in [0.3, 0.4) is 0 Å². The van der Waals surface area contributed by atoms with Crippen molar-refractivity contribution in [2.45, 2.75) is 84.1 Å². The first-order valence-electron chi connectivity index (χ1n) is 7.55. The summed E-state index contributed by atoms with van der Waals surface area (Å²) in [4.78, 5) is 0. The first kappa shape index (κ1) is 16.3. The molecule has 0 aromatic heterocycles. The van der Waals surface area contributed by atoms with Crippen LogP contribution in [-0.4, -0.2) is 42.8 Å². The Bertz CT molecular complexity index is 363. The highest BCUT2D eigenvalue weighted by molar-refractivity contribution is 7.14. The van der Waals surface area contributed by atoms with E-state index in [9.17, 15) is 0 Å². The molecule has 2 fully saturated rings. The summed E-state index contributed by atoms with van der Waals surface area (Å²) in [6.07, 6.45) is 0.781. The van der Waals surface area contributed by atoms with Crippen molar-refractivity contribution in [1.82, 2.24) is 0 Å². The fourth-order valence-corrected chi connectivity index (χ4v) is 2.42. The van der Waals surface area contributed by atoms with Crippen LogP contribution in [0.15, 0.2) is 0 Å². The molecular weight excluding hydrogens is 254 g/mol. The largest absolute Gasteiger partial charge is 0.446 e. The van der Waals surface area contributed by atoms with Crippen molar-refractivity contribution in [3.05, 3.63) is 0 Å². The smallest absolute Gasteiger partial charge is 0.429 e. The number of rotatable bonds is 1. The SMILES string of the molecule is CC1(C)OCCB(B2OC(C)(C)C(C)(C)O2)OC1(C)C. The minimum absolute atomic E-state index is 0.104. The van der Waals surface area contributed by atoms with Crippen molar-refractivity contribution in [3.63, 3.8) is 0 Å². The van der Waals surface area contributed by atoms with Crippen LogP contribution in [0.5, 0.6) is 0 Å². The predicted molar refractivity (Wildman–Crippen MR) is 81.8 cm³/mol. The topological polar surface area (TPSA) is 36.9 Å². The molecule has 2 aliphatic heterocycles. The lowest BCUT2D eigenvalue weighted by Crippen LogP contribution is -2.53. The Morgan fingerprint density at radius 3 is 1.60 bits per heavy atom. The molecule has 0 unspecified atom stereocenters. The molecular formula is C14H28B2O4. The molecule has 0 aromatic carbocycles. The first-order valence-corrected chi connectivity index (χ1v) is 7.55. The van der Waals surface area contributed by atoms with Crippen LogP contribution in [0.1, 0.15) is 55.4 Å². The summed E-state index contributed by atoms with van der Waals surface area (Å²) >= 11 is 0. The molecule has 6 heteroatoms. The van der Waals surface area contributed by atoms with E-state index in [0.29, 0.717) is 6.61 Å². The van der Waals surface area contributed by atoms with E-state index in [4.69, 9.17) is 18.7 Å². The minimum atomic E-state index is -0.391. The molecule has 0 spiro atoms. The van der Waals surface area contributed by atoms with Crippen LogP contribution in [0.2, 0.25) is 6.32 Å². The summed E-state index contributed by atoms with van der Waals surface area (Å²) in [6, 6.07) is 0. The third-order valence-corrected chi connectivity index (χ3v) is 5.34. The zero-order chi connectivity index (χ0) is 15.4. The third kappa shape index (κ3) is 2.68. The lowest BCUT2D eigenvalue weighted by molar-refractivity contribution is -0.120. The Morgan fingerprint density at radius 1 is 0.650 bits per heavy atom. The van der Waals surface area contributed by atoms with E-state index < -0.39 is 5.60 Å². The second kappa shape index (κ2) is 4.73. The van der Waals surface area contributed by atoms with Crippen molar-refractivity contribution < 1.29 is 18.7 Å². The van der Waals surface area contributed by atoms with Gasteiger partial charge in [-0.1, -0.05) is 0 Å². The van der Waals surface area contributed by atoms with Gasteiger partial charge in [-0.25, -0.2) is 0 Å². The van der Waals surface area contributed by atoms with Crippen LogP contribution in [0, 0.1) is 0 Å². The molecule has 20 heavy (non-hydrogen) atoms. The van der Waals surface area contributed by atoms with Crippen molar-refractivity contribution in [3.8, 4) is 0 Å². The highest BCUT2D eigenvalue weighted by Gasteiger charge is 2.58. The van der Waals surface area contributed by atoms with Gasteiger partial charge in [-0.2, -0.15) is 0 Å². The molecule has 0 atom stereocenters. The van der Waals surface area contributed by atoms with Crippen LogP contribution in [0.25, 0.3) is 0 Å². The van der Waals surface area contributed by atoms with Gasteiger partial charge in [0.05, 0.1) is 22.4 Å². The number of hydrogen-bond donors (Lipinski definition) is 0. The van der Waals surface area contributed by atoms with E-state index in [1.807, 2.05) is 0 Å². The first-order chi connectivity index (χ1) is 8.88. The highest BCUT2D eigenvalue weighted by atomic mass is 16.7. The summed E-state index contributed by atoms with van der Waals surface area (Å²) < 4.78 is 24.5. The molecule has 0 radical (unpaired) electrons. The maximum Gasteiger partial charge on any atom is 0.446 e. The molecule has 0 aromatic rings. The molecule has 2 rings (SSSR count). The van der Waals surface area contributed by atoms with Crippen molar-refractivity contribution in [2.75, 3.05) is 6.61 Å². The van der Waals surface area contributed by atoms with Crippen LogP contribution < -0.4 is 0 Å². The van der Waals surface area contributed by atoms with E-state index in [1.54, 1.807) is 0 Å². The normalized spacial score (nSPS) is 31.2. The van der Waals surface area contributed by atoms with Gasteiger partial charge in [0.25, 0.3) is 0 Å². The quantitative estimate of drug-likeness (QED) is 0.693. The molecule has 0 amide bonds. The van der Waals surface area contributed by atoms with E-state index in [0.717, 1.165) is 6.32 Å². The monoisotopic (exact) mass is 282 g/mol. The average molecular weight is 282 g/mol. The van der Waals surface area contributed by atoms with Crippen molar-refractivity contribution in [1.29, 1.82) is 0 Å². The maximum atomic E-state index is 6.31. The Labute approximate surface area is 124 Å². The third-order valence-electron chi connectivity index (χ3n) is 5.34. The zero-order valence-corrected chi connectivity index (χ0v) is 14.2. The fraction of sp³-hybridized carbons (Fsp3) is 1.00. The van der Waals surface area contributed by atoms with Gasteiger partial charge in [0.1, 0.15) is 0 Å². The number of ether oxygens (including phenoxy) is 1. The van der Waals surface area contributed by atoms with E-state index in [2.05, 4.69) is 55.4 Å². The second-order valence-corrected chi connectivity index (χ2v) is 7.94. The molecule has 0 aliphatic carbocycles. The molecule has 2 saturated heterocycles. The van der Waals surface area contributed by atoms with E-state index >= 15 is 0 Å². The molecule has 2 aliphatic rings. The van der Waals surface area contributed by atoms with Gasteiger partial charge in [0.15, 0.2) is 0 Å². The van der Waals surface area contributed by atoms with Crippen LogP contribution in [-0.2, 0) is 18.7 Å². The minimum Gasteiger partial charge on any atom is -0.429 e. The highest BCUT2D eigenvalue weighted by Crippen LogP contribution is 2.40. The van der Waals surface area contributed by atoms with Gasteiger partial charge >= 0.3 is 13.8 Å². The molecule has 4 nitrogen and oxygen atoms in total. The van der Waals surface area contributed by atoms with Crippen LogP contribution >= 0.6 is 0 Å². The predicted octanol–water partition coefficient (Wildman–Crippen LogP) is 2.75. The van der Waals surface area contributed by atoms with Gasteiger partial charge in [0, 0.05) is 6.61 Å². The summed E-state index contributed by atoms with van der Waals surface area (Å²) in [5.74, 6) is 0. The number of hydrogen-bond acceptors (Lipinski definition) is 4. The molecule has 0 saturated carbocycles. The molecule has 0 N–H and O–H groups in total. The Hall–Kier alpha value is -0.0301. The zero-order valence-electron chi connectivity index (χ0n) is 14.2. The summed E-state index contributed by atoms with van der Waals surface area (Å²) in [5, 5.41) is 0. The maximum absolute atomic E-state index is 6.31. The Kier molecular flexibility index (Phi) is 3.87. The molecule has 114 valence electrons. The second-order valence-electron chi connectivity index (χ2n) is 7.94. The summed E-state index contributed by atoms with van der Waals surface area (Å²) in [5.41, 5.74) is -1.37. The van der Waals surface area contributed by atoms with Crippen molar-refractivity contribution in [2.24, 2.45) is 0 Å². The van der Waals surface area contributed by atoms with E-state index in [1.165, 1.54) is 0 Å². The lowest BCUT2D eigenvalue weighted by Gasteiger charge is -2.40. The van der Waals surface area contributed by atoms with Gasteiger partial charge in [-0.3, -0.25) is 0 Å². The van der Waals surface area contributed by atoms with E-state index in [-0.39, 0.29) is 30.6 Å². The summed E-state index contributed by atoms with van der Waals surface area (Å²) in [7, 11) is -0.336. The Morgan fingerprint density at radius 2 is 1.10 bits per heavy atom. The van der Waals surface area contributed by atoms with Crippen molar-refractivity contribution >= 4 is 13.8 Å². The van der Waals surface area contributed by atoms with Gasteiger partial charge in [0.2, 0.25) is 0 Å². The Balaban J connectivity index is 2.15. The molecule has 0 bridgehead atoms. The van der Waals surface area contributed by atoms with Gasteiger partial charge < -0.3 is 18.7 Å². The van der Waals surface area contributed by atoms with Gasteiger partial charge in [-0.05, 0) is 61.7 Å². The molecule has 2 heterocycles. The average Bonchev–Trinajstić information content (AvgIpc) is 2.38.